The summed E-state index contributed by atoms with van der Waals surface area (Å²) in [5.74, 6) is 0.0599. The van der Waals surface area contributed by atoms with Gasteiger partial charge in [0, 0.05) is 12.8 Å². The first-order valence-corrected chi connectivity index (χ1v) is 5.72. The molecule has 0 bridgehead atoms. The van der Waals surface area contributed by atoms with E-state index in [1.54, 1.807) is 6.21 Å². The predicted octanol–water partition coefficient (Wildman–Crippen LogP) is 1.77. The maximum absolute atomic E-state index is 11.6. The van der Waals surface area contributed by atoms with Crippen LogP contribution in [-0.2, 0) is 4.79 Å². The molecule has 1 aromatic carbocycles. The van der Waals surface area contributed by atoms with Crippen LogP contribution >= 0.6 is 0 Å². The largest absolute Gasteiger partial charge is 0.354 e. The van der Waals surface area contributed by atoms with Crippen LogP contribution in [0.15, 0.2) is 35.3 Å². The van der Waals surface area contributed by atoms with E-state index in [2.05, 4.69) is 10.3 Å². The van der Waals surface area contributed by atoms with E-state index >= 15 is 0 Å². The highest BCUT2D eigenvalue weighted by Crippen LogP contribution is 2.09. The summed E-state index contributed by atoms with van der Waals surface area (Å²) in [6, 6.07) is 9.66. The summed E-state index contributed by atoms with van der Waals surface area (Å²) < 4.78 is 0. The fraction of sp³-hybridized carbons (Fsp3) is 0.385. The molecular formula is C13H16N2O. The normalized spacial score (nSPS) is 21.8. The average molecular weight is 216 g/mol. The molecule has 1 aliphatic rings. The Hall–Kier alpha value is -1.64. The number of carbonyl (C=O) groups is 1. The van der Waals surface area contributed by atoms with Crippen LogP contribution in [0, 0.1) is 0 Å². The van der Waals surface area contributed by atoms with Gasteiger partial charge in [-0.2, -0.15) is 0 Å². The molecule has 16 heavy (non-hydrogen) atoms. The van der Waals surface area contributed by atoms with Crippen molar-refractivity contribution in [3.63, 3.8) is 0 Å². The Bertz CT molecular complexity index is 373. The van der Waals surface area contributed by atoms with Crippen molar-refractivity contribution in [2.24, 2.45) is 4.99 Å². The molecule has 1 fully saturated rings. The number of aliphatic imine (C=N–C) groups is 1. The van der Waals surface area contributed by atoms with Crippen molar-refractivity contribution in [1.29, 1.82) is 0 Å². The Morgan fingerprint density at radius 2 is 2.06 bits per heavy atom. The van der Waals surface area contributed by atoms with Crippen molar-refractivity contribution in [3.8, 4) is 0 Å². The van der Waals surface area contributed by atoms with Crippen LogP contribution in [0.5, 0.6) is 0 Å². The van der Waals surface area contributed by atoms with Crippen molar-refractivity contribution in [2.75, 3.05) is 6.54 Å². The topological polar surface area (TPSA) is 41.5 Å². The third kappa shape index (κ3) is 2.92. The predicted molar refractivity (Wildman–Crippen MR) is 64.7 cm³/mol. The Morgan fingerprint density at radius 1 is 1.25 bits per heavy atom. The minimum atomic E-state index is -0.206. The lowest BCUT2D eigenvalue weighted by Gasteiger charge is -2.06. The number of nitrogens with one attached hydrogen (secondary N) is 1. The SMILES string of the molecule is O=C1NCCCCC1N=Cc1ccccc1. The van der Waals surface area contributed by atoms with Gasteiger partial charge in [-0.1, -0.05) is 30.3 Å². The Labute approximate surface area is 95.6 Å². The minimum Gasteiger partial charge on any atom is -0.354 e. The van der Waals surface area contributed by atoms with E-state index in [4.69, 9.17) is 0 Å². The molecule has 1 aromatic rings. The molecule has 1 saturated heterocycles. The van der Waals surface area contributed by atoms with Gasteiger partial charge in [0.05, 0.1) is 0 Å². The molecule has 1 heterocycles. The quantitative estimate of drug-likeness (QED) is 0.752. The summed E-state index contributed by atoms with van der Waals surface area (Å²) in [6.07, 6.45) is 4.77. The van der Waals surface area contributed by atoms with Crippen LogP contribution in [0.3, 0.4) is 0 Å². The van der Waals surface area contributed by atoms with Gasteiger partial charge in [0.2, 0.25) is 5.91 Å². The molecule has 0 aromatic heterocycles. The number of benzene rings is 1. The molecule has 1 atom stereocenters. The Morgan fingerprint density at radius 3 is 2.88 bits per heavy atom. The first kappa shape index (κ1) is 10.9. The van der Waals surface area contributed by atoms with Gasteiger partial charge >= 0.3 is 0 Å². The maximum Gasteiger partial charge on any atom is 0.244 e. The molecule has 0 radical (unpaired) electrons. The van der Waals surface area contributed by atoms with E-state index in [-0.39, 0.29) is 11.9 Å². The molecule has 0 saturated carbocycles. The average Bonchev–Trinajstić information content (AvgIpc) is 2.53. The highest BCUT2D eigenvalue weighted by Gasteiger charge is 2.18. The Balaban J connectivity index is 2.02. The van der Waals surface area contributed by atoms with Crippen LogP contribution < -0.4 is 5.32 Å². The fourth-order valence-electron chi connectivity index (χ4n) is 1.78. The third-order valence-corrected chi connectivity index (χ3v) is 2.71. The van der Waals surface area contributed by atoms with Crippen molar-refractivity contribution < 1.29 is 4.79 Å². The van der Waals surface area contributed by atoms with Crippen LogP contribution in [0.25, 0.3) is 0 Å². The third-order valence-electron chi connectivity index (χ3n) is 2.71. The molecule has 3 nitrogen and oxygen atoms in total. The summed E-state index contributed by atoms with van der Waals surface area (Å²) in [7, 11) is 0. The van der Waals surface area contributed by atoms with Gasteiger partial charge in [-0.15, -0.1) is 0 Å². The number of carbonyl (C=O) groups excluding carboxylic acids is 1. The second-order valence-electron chi connectivity index (χ2n) is 3.99. The number of hydrogen-bond acceptors (Lipinski definition) is 2. The molecule has 3 heteroatoms. The van der Waals surface area contributed by atoms with E-state index < -0.39 is 0 Å². The van der Waals surface area contributed by atoms with Gasteiger partial charge in [-0.3, -0.25) is 9.79 Å². The van der Waals surface area contributed by atoms with Gasteiger partial charge in [0.25, 0.3) is 0 Å². The zero-order valence-corrected chi connectivity index (χ0v) is 9.23. The zero-order chi connectivity index (χ0) is 11.2. The van der Waals surface area contributed by atoms with E-state index in [0.717, 1.165) is 31.4 Å². The summed E-state index contributed by atoms with van der Waals surface area (Å²) in [6.45, 7) is 0.788. The lowest BCUT2D eigenvalue weighted by molar-refractivity contribution is -0.121. The van der Waals surface area contributed by atoms with Crippen LogP contribution in [0.4, 0.5) is 0 Å². The van der Waals surface area contributed by atoms with Gasteiger partial charge in [-0.25, -0.2) is 0 Å². The highest BCUT2D eigenvalue weighted by atomic mass is 16.2. The minimum absolute atomic E-state index is 0.0599. The highest BCUT2D eigenvalue weighted by molar-refractivity contribution is 5.86. The van der Waals surface area contributed by atoms with E-state index in [9.17, 15) is 4.79 Å². The molecular weight excluding hydrogens is 200 g/mol. The lowest BCUT2D eigenvalue weighted by atomic mass is 10.1. The molecule has 1 unspecified atom stereocenters. The summed E-state index contributed by atoms with van der Waals surface area (Å²) in [5.41, 5.74) is 1.04. The van der Waals surface area contributed by atoms with Crippen molar-refractivity contribution in [1.82, 2.24) is 5.32 Å². The second kappa shape index (κ2) is 5.45. The van der Waals surface area contributed by atoms with E-state index in [0.29, 0.717) is 0 Å². The van der Waals surface area contributed by atoms with Crippen LogP contribution in [0.1, 0.15) is 24.8 Å². The zero-order valence-electron chi connectivity index (χ0n) is 9.23. The fourth-order valence-corrected chi connectivity index (χ4v) is 1.78. The number of rotatable bonds is 2. The molecule has 1 aliphatic heterocycles. The smallest absolute Gasteiger partial charge is 0.244 e. The van der Waals surface area contributed by atoms with Crippen molar-refractivity contribution in [3.05, 3.63) is 35.9 Å². The lowest BCUT2D eigenvalue weighted by Crippen LogP contribution is -2.31. The number of hydrogen-bond donors (Lipinski definition) is 1. The van der Waals surface area contributed by atoms with Crippen molar-refractivity contribution >= 4 is 12.1 Å². The first-order valence-electron chi connectivity index (χ1n) is 5.72. The van der Waals surface area contributed by atoms with E-state index in [1.807, 2.05) is 30.3 Å². The second-order valence-corrected chi connectivity index (χ2v) is 3.99. The van der Waals surface area contributed by atoms with E-state index in [1.165, 1.54) is 0 Å². The molecule has 1 N–H and O–H groups in total. The molecule has 84 valence electrons. The maximum atomic E-state index is 11.6. The Kier molecular flexibility index (Phi) is 3.70. The standard InChI is InChI=1S/C13H16N2O/c16-13-12(8-4-5-9-14-13)15-10-11-6-2-1-3-7-11/h1-3,6-7,10,12H,4-5,8-9H2,(H,14,16). The van der Waals surface area contributed by atoms with Gasteiger partial charge < -0.3 is 5.32 Å². The van der Waals surface area contributed by atoms with Crippen LogP contribution in [0.2, 0.25) is 0 Å². The molecule has 0 spiro atoms. The molecule has 2 rings (SSSR count). The van der Waals surface area contributed by atoms with Gasteiger partial charge in [0.1, 0.15) is 6.04 Å². The number of nitrogens with zero attached hydrogens (tertiary/aromatic N) is 1. The monoisotopic (exact) mass is 216 g/mol. The van der Waals surface area contributed by atoms with Crippen molar-refractivity contribution in [2.45, 2.75) is 25.3 Å². The molecule has 1 amide bonds. The summed E-state index contributed by atoms with van der Waals surface area (Å²) in [5, 5.41) is 2.88. The van der Waals surface area contributed by atoms with Crippen LogP contribution in [-0.4, -0.2) is 24.7 Å². The summed E-state index contributed by atoms with van der Waals surface area (Å²) in [4.78, 5) is 16.0. The summed E-state index contributed by atoms with van der Waals surface area (Å²) >= 11 is 0. The molecule has 0 aliphatic carbocycles. The van der Waals surface area contributed by atoms with Gasteiger partial charge in [-0.05, 0) is 24.8 Å². The first-order chi connectivity index (χ1) is 7.86. The van der Waals surface area contributed by atoms with Gasteiger partial charge in [0.15, 0.2) is 0 Å². The number of amides is 1.